The number of fused-ring (bicyclic) bond motifs is 1. The molecule has 0 radical (unpaired) electrons. The van der Waals surface area contributed by atoms with Crippen molar-refractivity contribution in [2.24, 2.45) is 0 Å². The van der Waals surface area contributed by atoms with E-state index >= 15 is 0 Å². The zero-order chi connectivity index (χ0) is 22.2. The van der Waals surface area contributed by atoms with Crippen LogP contribution < -0.4 is 5.32 Å². The molecule has 2 N–H and O–H groups in total. The van der Waals surface area contributed by atoms with Gasteiger partial charge in [0.2, 0.25) is 0 Å². The van der Waals surface area contributed by atoms with Gasteiger partial charge < -0.3 is 10.2 Å². The molecular formula is C23H22F2N6O. The van der Waals surface area contributed by atoms with Crippen molar-refractivity contribution in [1.82, 2.24) is 24.9 Å². The van der Waals surface area contributed by atoms with E-state index in [0.717, 1.165) is 25.9 Å². The minimum absolute atomic E-state index is 0.133. The van der Waals surface area contributed by atoms with E-state index in [4.69, 9.17) is 0 Å². The molecule has 0 saturated carbocycles. The Hall–Kier alpha value is -3.59. The first-order valence-electron chi connectivity index (χ1n) is 10.5. The summed E-state index contributed by atoms with van der Waals surface area (Å²) in [4.78, 5) is 15.0. The molecule has 2 aromatic heterocycles. The minimum Gasteiger partial charge on any atom is -0.321 e. The molecule has 0 atom stereocenters. The van der Waals surface area contributed by atoms with Crippen LogP contribution in [0.3, 0.4) is 0 Å². The number of piperidine rings is 1. The predicted octanol–water partition coefficient (Wildman–Crippen LogP) is 4.22. The van der Waals surface area contributed by atoms with Gasteiger partial charge in [0.25, 0.3) is 5.91 Å². The number of likely N-dealkylation sites (tertiary alicyclic amines) is 1. The van der Waals surface area contributed by atoms with E-state index in [1.54, 1.807) is 12.3 Å². The Balaban J connectivity index is 1.44. The Labute approximate surface area is 183 Å². The lowest BCUT2D eigenvalue weighted by molar-refractivity contribution is 0.102. The Kier molecular flexibility index (Phi) is 5.18. The Morgan fingerprint density at radius 3 is 2.66 bits per heavy atom. The molecule has 5 rings (SSSR count). The van der Waals surface area contributed by atoms with Crippen molar-refractivity contribution < 1.29 is 13.6 Å². The number of anilines is 1. The monoisotopic (exact) mass is 436 g/mol. The van der Waals surface area contributed by atoms with Crippen molar-refractivity contribution in [3.63, 3.8) is 0 Å². The molecule has 4 aromatic rings. The number of benzene rings is 2. The number of aromatic amines is 1. The fourth-order valence-electron chi connectivity index (χ4n) is 4.09. The zero-order valence-electron chi connectivity index (χ0n) is 17.5. The van der Waals surface area contributed by atoms with Crippen molar-refractivity contribution in [2.45, 2.75) is 18.9 Å². The number of amides is 1. The van der Waals surface area contributed by atoms with E-state index in [1.807, 2.05) is 10.9 Å². The molecule has 1 aliphatic heterocycles. The second-order valence-corrected chi connectivity index (χ2v) is 8.15. The lowest BCUT2D eigenvalue weighted by Crippen LogP contribution is -2.31. The number of hydrogen-bond acceptors (Lipinski definition) is 4. The van der Waals surface area contributed by atoms with E-state index in [-0.39, 0.29) is 11.7 Å². The molecule has 0 aliphatic carbocycles. The van der Waals surface area contributed by atoms with E-state index < -0.39 is 17.5 Å². The van der Waals surface area contributed by atoms with Gasteiger partial charge >= 0.3 is 0 Å². The summed E-state index contributed by atoms with van der Waals surface area (Å²) in [6, 6.07) is 8.68. The lowest BCUT2D eigenvalue weighted by atomic mass is 10.0. The van der Waals surface area contributed by atoms with Gasteiger partial charge in [-0.15, -0.1) is 0 Å². The fourth-order valence-corrected chi connectivity index (χ4v) is 4.09. The second-order valence-electron chi connectivity index (χ2n) is 8.15. The van der Waals surface area contributed by atoms with Gasteiger partial charge in [0, 0.05) is 34.5 Å². The molecule has 0 bridgehead atoms. The third-order valence-corrected chi connectivity index (χ3v) is 5.94. The quantitative estimate of drug-likeness (QED) is 0.502. The highest BCUT2D eigenvalue weighted by Gasteiger charge is 2.21. The zero-order valence-corrected chi connectivity index (χ0v) is 17.5. The number of nitrogens with one attached hydrogen (secondary N) is 2. The Morgan fingerprint density at radius 1 is 1.16 bits per heavy atom. The van der Waals surface area contributed by atoms with Crippen LogP contribution in [0.25, 0.3) is 22.0 Å². The number of rotatable bonds is 4. The molecule has 7 nitrogen and oxygen atoms in total. The highest BCUT2D eigenvalue weighted by atomic mass is 19.1. The maximum absolute atomic E-state index is 14.9. The van der Waals surface area contributed by atoms with Crippen molar-refractivity contribution in [3.8, 4) is 11.1 Å². The van der Waals surface area contributed by atoms with E-state index in [2.05, 4.69) is 32.6 Å². The molecule has 164 valence electrons. The summed E-state index contributed by atoms with van der Waals surface area (Å²) >= 11 is 0. The van der Waals surface area contributed by atoms with Gasteiger partial charge in [0.05, 0.1) is 17.8 Å². The maximum atomic E-state index is 14.9. The number of carbonyl (C=O) groups is 1. The predicted molar refractivity (Wildman–Crippen MR) is 117 cm³/mol. The van der Waals surface area contributed by atoms with E-state index in [1.165, 1.54) is 30.3 Å². The third kappa shape index (κ3) is 3.87. The highest BCUT2D eigenvalue weighted by molar-refractivity contribution is 6.11. The number of halogens is 2. The van der Waals surface area contributed by atoms with Crippen LogP contribution in [0.2, 0.25) is 0 Å². The summed E-state index contributed by atoms with van der Waals surface area (Å²) in [6.45, 7) is 2.00. The van der Waals surface area contributed by atoms with Crippen LogP contribution >= 0.6 is 0 Å². The van der Waals surface area contributed by atoms with Crippen LogP contribution in [-0.2, 0) is 0 Å². The first-order valence-corrected chi connectivity index (χ1v) is 10.5. The molecule has 1 amide bonds. The molecule has 0 spiro atoms. The fraction of sp³-hybridized carbons (Fsp3) is 0.261. The second kappa shape index (κ2) is 8.16. The van der Waals surface area contributed by atoms with E-state index in [9.17, 15) is 13.6 Å². The average molecular weight is 436 g/mol. The third-order valence-electron chi connectivity index (χ3n) is 5.94. The van der Waals surface area contributed by atoms with Gasteiger partial charge in [-0.25, -0.2) is 8.78 Å². The molecule has 1 saturated heterocycles. The molecule has 3 heterocycles. The van der Waals surface area contributed by atoms with Crippen molar-refractivity contribution in [2.75, 3.05) is 25.5 Å². The molecule has 2 aromatic carbocycles. The molecule has 9 heteroatoms. The summed E-state index contributed by atoms with van der Waals surface area (Å²) in [7, 11) is 2.10. The summed E-state index contributed by atoms with van der Waals surface area (Å²) in [5.41, 5.74) is 1.99. The maximum Gasteiger partial charge on any atom is 0.276 e. The summed E-state index contributed by atoms with van der Waals surface area (Å²) in [5, 5.41) is 14.4. The largest absolute Gasteiger partial charge is 0.321 e. The van der Waals surface area contributed by atoms with E-state index in [0.29, 0.717) is 27.7 Å². The van der Waals surface area contributed by atoms with Gasteiger partial charge in [0.15, 0.2) is 5.69 Å². The van der Waals surface area contributed by atoms with Gasteiger partial charge in [-0.05, 0) is 63.3 Å². The van der Waals surface area contributed by atoms with Crippen LogP contribution in [0.15, 0.2) is 48.8 Å². The van der Waals surface area contributed by atoms with Crippen LogP contribution in [0.5, 0.6) is 0 Å². The van der Waals surface area contributed by atoms with Crippen molar-refractivity contribution in [1.29, 1.82) is 0 Å². The SMILES string of the molecule is CN1CCC(n2cc(-c3cc4c(C(=O)Nc5ccc(F)cc5)n[nH]c4cc3F)cn2)CC1. The normalized spacial score (nSPS) is 15.3. The standard InChI is InChI=1S/C23H22F2N6O/c1-30-8-6-17(7-9-30)31-13-14(12-26-31)18-10-19-21(11-20(18)25)28-29-22(19)23(32)27-16-4-2-15(24)3-5-16/h2-5,10-13,17H,6-9H2,1H3,(H,27,32)(H,28,29). The number of H-pyrrole nitrogens is 1. The Bertz CT molecular complexity index is 1270. The first kappa shape index (κ1) is 20.3. The van der Waals surface area contributed by atoms with Crippen LogP contribution in [0.1, 0.15) is 29.4 Å². The summed E-state index contributed by atoms with van der Waals surface area (Å²) in [6.07, 6.45) is 5.50. The molecular weight excluding hydrogens is 414 g/mol. The summed E-state index contributed by atoms with van der Waals surface area (Å²) < 4.78 is 29.9. The topological polar surface area (TPSA) is 78.8 Å². The number of hydrogen-bond donors (Lipinski definition) is 2. The molecule has 1 fully saturated rings. The number of nitrogens with zero attached hydrogens (tertiary/aromatic N) is 4. The smallest absolute Gasteiger partial charge is 0.276 e. The van der Waals surface area contributed by atoms with Gasteiger partial charge in [0.1, 0.15) is 11.6 Å². The highest BCUT2D eigenvalue weighted by Crippen LogP contribution is 2.30. The van der Waals surface area contributed by atoms with Crippen molar-refractivity contribution in [3.05, 3.63) is 66.1 Å². The van der Waals surface area contributed by atoms with Gasteiger partial charge in [-0.2, -0.15) is 10.2 Å². The van der Waals surface area contributed by atoms with Gasteiger partial charge in [-0.3, -0.25) is 14.6 Å². The number of carbonyl (C=O) groups excluding carboxylic acids is 1. The van der Waals surface area contributed by atoms with Crippen molar-refractivity contribution >= 4 is 22.5 Å². The Morgan fingerprint density at radius 2 is 1.91 bits per heavy atom. The van der Waals surface area contributed by atoms with Crippen LogP contribution in [0.4, 0.5) is 14.5 Å². The molecule has 1 aliphatic rings. The van der Waals surface area contributed by atoms with Crippen LogP contribution in [0, 0.1) is 11.6 Å². The van der Waals surface area contributed by atoms with Gasteiger partial charge in [-0.1, -0.05) is 0 Å². The number of aromatic nitrogens is 4. The summed E-state index contributed by atoms with van der Waals surface area (Å²) in [5.74, 6) is -1.29. The lowest BCUT2D eigenvalue weighted by Gasteiger charge is -2.28. The first-order chi connectivity index (χ1) is 15.5. The molecule has 32 heavy (non-hydrogen) atoms. The minimum atomic E-state index is -0.470. The average Bonchev–Trinajstić information content (AvgIpc) is 3.42. The van der Waals surface area contributed by atoms with Crippen LogP contribution in [-0.4, -0.2) is 50.9 Å². The molecule has 0 unspecified atom stereocenters.